The monoisotopic (exact) mass is 365 g/mol. The van der Waals surface area contributed by atoms with Crippen LogP contribution < -0.4 is 5.32 Å². The minimum Gasteiger partial charge on any atom is -0.459 e. The number of esters is 1. The number of rotatable bonds is 3. The third kappa shape index (κ3) is 3.45. The van der Waals surface area contributed by atoms with E-state index in [-0.39, 0.29) is 29.7 Å². The van der Waals surface area contributed by atoms with E-state index >= 15 is 0 Å². The summed E-state index contributed by atoms with van der Waals surface area (Å²) in [5.41, 5.74) is 4.52. The highest BCUT2D eigenvalue weighted by atomic mass is 16.5. The molecule has 4 heteroatoms. The van der Waals surface area contributed by atoms with Gasteiger partial charge in [-0.3, -0.25) is 4.79 Å². The predicted octanol–water partition coefficient (Wildman–Crippen LogP) is 4.30. The quantitative estimate of drug-likeness (QED) is 0.811. The second kappa shape index (κ2) is 7.34. The highest BCUT2D eigenvalue weighted by Gasteiger charge is 2.43. The van der Waals surface area contributed by atoms with E-state index in [2.05, 4.69) is 11.4 Å². The molecule has 0 saturated heterocycles. The Balaban J connectivity index is 1.76. The number of allylic oxidation sites excluding steroid dienone is 3. The average molecular weight is 365 g/mol. The van der Waals surface area contributed by atoms with Gasteiger partial charge in [0.25, 0.3) is 0 Å². The van der Waals surface area contributed by atoms with Crippen molar-refractivity contribution in [2.24, 2.45) is 5.92 Å². The average Bonchev–Trinajstić information content (AvgIpc) is 3.14. The van der Waals surface area contributed by atoms with Crippen LogP contribution in [0.15, 0.2) is 47.3 Å². The number of aryl methyl sites for hydroxylation is 1. The van der Waals surface area contributed by atoms with Crippen molar-refractivity contribution < 1.29 is 14.3 Å². The largest absolute Gasteiger partial charge is 0.459 e. The molecule has 27 heavy (non-hydrogen) atoms. The van der Waals surface area contributed by atoms with E-state index in [1.54, 1.807) is 0 Å². The van der Waals surface area contributed by atoms with Gasteiger partial charge in [0.15, 0.2) is 0 Å². The molecule has 0 aromatic heterocycles. The topological polar surface area (TPSA) is 55.4 Å². The first-order chi connectivity index (χ1) is 13.0. The molecule has 1 aliphatic heterocycles. The van der Waals surface area contributed by atoms with Crippen LogP contribution in [0.2, 0.25) is 0 Å². The molecule has 0 bridgehead atoms. The van der Waals surface area contributed by atoms with E-state index in [1.165, 1.54) is 0 Å². The summed E-state index contributed by atoms with van der Waals surface area (Å²) in [6.45, 7) is 3.96. The Kier molecular flexibility index (Phi) is 4.90. The van der Waals surface area contributed by atoms with Crippen molar-refractivity contribution >= 4 is 11.8 Å². The summed E-state index contributed by atoms with van der Waals surface area (Å²) in [5, 5.41) is 3.33. The first-order valence-electron chi connectivity index (χ1n) is 10.0. The van der Waals surface area contributed by atoms with Crippen LogP contribution in [0.4, 0.5) is 0 Å². The standard InChI is InChI=1S/C23H27NO3/c1-14-10-12-16(13-11-14)21-20(23(26)27-17-6-3-4-7-17)15(2)24-18-8-5-9-19(25)22(18)21/h8,10-13,17,21-22,24H,3-7,9H2,1-2H3. The number of nitrogens with one attached hydrogen (secondary N) is 1. The van der Waals surface area contributed by atoms with Crippen LogP contribution in [-0.2, 0) is 14.3 Å². The van der Waals surface area contributed by atoms with Gasteiger partial charge in [-0.2, -0.15) is 0 Å². The molecule has 2 atom stereocenters. The second-order valence-electron chi connectivity index (χ2n) is 8.01. The van der Waals surface area contributed by atoms with Gasteiger partial charge in [-0.15, -0.1) is 0 Å². The van der Waals surface area contributed by atoms with Crippen molar-refractivity contribution in [3.8, 4) is 0 Å². The van der Waals surface area contributed by atoms with Crippen LogP contribution in [0, 0.1) is 12.8 Å². The first-order valence-corrected chi connectivity index (χ1v) is 10.0. The molecule has 4 nitrogen and oxygen atoms in total. The Morgan fingerprint density at radius 1 is 1.07 bits per heavy atom. The molecule has 3 aliphatic rings. The number of carbonyl (C=O) groups is 2. The molecule has 2 unspecified atom stereocenters. The molecule has 1 N–H and O–H groups in total. The van der Waals surface area contributed by atoms with Gasteiger partial charge in [0.05, 0.1) is 11.5 Å². The number of fused-ring (bicyclic) bond motifs is 1. The predicted molar refractivity (Wildman–Crippen MR) is 104 cm³/mol. The molecule has 2 aliphatic carbocycles. The fraction of sp³-hybridized carbons (Fsp3) is 0.478. The van der Waals surface area contributed by atoms with E-state index in [9.17, 15) is 9.59 Å². The lowest BCUT2D eigenvalue weighted by Crippen LogP contribution is -2.41. The molecular weight excluding hydrogens is 338 g/mol. The van der Waals surface area contributed by atoms with E-state index in [4.69, 9.17) is 4.74 Å². The van der Waals surface area contributed by atoms with Crippen molar-refractivity contribution in [1.82, 2.24) is 5.32 Å². The van der Waals surface area contributed by atoms with Crippen LogP contribution >= 0.6 is 0 Å². The van der Waals surface area contributed by atoms with Crippen molar-refractivity contribution in [2.45, 2.75) is 64.4 Å². The van der Waals surface area contributed by atoms with E-state index in [1.807, 2.05) is 38.1 Å². The second-order valence-corrected chi connectivity index (χ2v) is 8.01. The number of carbonyl (C=O) groups excluding carboxylic acids is 2. The third-order valence-electron chi connectivity index (χ3n) is 6.05. The Labute approximate surface area is 160 Å². The lowest BCUT2D eigenvalue weighted by atomic mass is 9.71. The maximum Gasteiger partial charge on any atom is 0.336 e. The molecule has 142 valence electrons. The van der Waals surface area contributed by atoms with Crippen LogP contribution in [-0.4, -0.2) is 17.9 Å². The molecule has 1 heterocycles. The Morgan fingerprint density at radius 2 is 1.78 bits per heavy atom. The van der Waals surface area contributed by atoms with Gasteiger partial charge in [0.1, 0.15) is 11.9 Å². The number of hydrogen-bond donors (Lipinski definition) is 1. The number of ether oxygens (including phenoxy) is 1. The SMILES string of the molecule is CC1=C(C(=O)OC2CCCC2)C(c2ccc(C)cc2)C2C(=O)CCC=C2N1. The smallest absolute Gasteiger partial charge is 0.336 e. The van der Waals surface area contributed by atoms with Crippen molar-refractivity contribution in [3.05, 3.63) is 58.4 Å². The number of benzene rings is 1. The van der Waals surface area contributed by atoms with Crippen LogP contribution in [0.5, 0.6) is 0 Å². The van der Waals surface area contributed by atoms with Gasteiger partial charge >= 0.3 is 5.97 Å². The molecule has 1 fully saturated rings. The zero-order chi connectivity index (χ0) is 19.0. The third-order valence-corrected chi connectivity index (χ3v) is 6.05. The van der Waals surface area contributed by atoms with Crippen molar-refractivity contribution in [1.29, 1.82) is 0 Å². The molecule has 1 saturated carbocycles. The summed E-state index contributed by atoms with van der Waals surface area (Å²) in [4.78, 5) is 26.0. The molecule has 1 aromatic carbocycles. The maximum absolute atomic E-state index is 13.1. The zero-order valence-electron chi connectivity index (χ0n) is 16.1. The zero-order valence-corrected chi connectivity index (χ0v) is 16.1. The molecule has 0 amide bonds. The summed E-state index contributed by atoms with van der Waals surface area (Å²) in [5.74, 6) is -0.671. The fourth-order valence-corrected chi connectivity index (χ4v) is 4.64. The fourth-order valence-electron chi connectivity index (χ4n) is 4.64. The normalized spacial score (nSPS) is 25.7. The molecule has 0 radical (unpaired) electrons. The lowest BCUT2D eigenvalue weighted by molar-refractivity contribution is -0.144. The van der Waals surface area contributed by atoms with Gasteiger partial charge in [0, 0.05) is 23.7 Å². The van der Waals surface area contributed by atoms with E-state index < -0.39 is 0 Å². The van der Waals surface area contributed by atoms with E-state index in [0.717, 1.165) is 54.6 Å². The van der Waals surface area contributed by atoms with Gasteiger partial charge in [-0.1, -0.05) is 35.9 Å². The highest BCUT2D eigenvalue weighted by molar-refractivity contribution is 5.96. The number of Topliss-reactive ketones (excluding diaryl/α,β-unsaturated/α-hetero) is 1. The van der Waals surface area contributed by atoms with E-state index in [0.29, 0.717) is 12.0 Å². The molecule has 0 spiro atoms. The number of hydrogen-bond acceptors (Lipinski definition) is 4. The Hall–Kier alpha value is -2.36. The van der Waals surface area contributed by atoms with Crippen LogP contribution in [0.25, 0.3) is 0 Å². The minimum absolute atomic E-state index is 0.00969. The Morgan fingerprint density at radius 3 is 2.48 bits per heavy atom. The van der Waals surface area contributed by atoms with Gasteiger partial charge < -0.3 is 10.1 Å². The summed E-state index contributed by atoms with van der Waals surface area (Å²) in [6, 6.07) is 8.18. The Bertz CT molecular complexity index is 813. The summed E-state index contributed by atoms with van der Waals surface area (Å²) in [6.07, 6.45) is 7.51. The summed E-state index contributed by atoms with van der Waals surface area (Å²) < 4.78 is 5.84. The van der Waals surface area contributed by atoms with Gasteiger partial charge in [-0.05, 0) is 51.5 Å². The molecule has 1 aromatic rings. The van der Waals surface area contributed by atoms with Crippen molar-refractivity contribution in [3.63, 3.8) is 0 Å². The minimum atomic E-state index is -0.323. The number of ketones is 1. The summed E-state index contributed by atoms with van der Waals surface area (Å²) in [7, 11) is 0. The lowest BCUT2D eigenvalue weighted by Gasteiger charge is -2.38. The first kappa shape index (κ1) is 18.0. The van der Waals surface area contributed by atoms with Gasteiger partial charge in [0.2, 0.25) is 0 Å². The highest BCUT2D eigenvalue weighted by Crippen LogP contribution is 2.44. The van der Waals surface area contributed by atoms with Crippen LogP contribution in [0.1, 0.15) is 62.5 Å². The van der Waals surface area contributed by atoms with Crippen LogP contribution in [0.3, 0.4) is 0 Å². The van der Waals surface area contributed by atoms with Crippen molar-refractivity contribution in [2.75, 3.05) is 0 Å². The van der Waals surface area contributed by atoms with Gasteiger partial charge in [-0.25, -0.2) is 4.79 Å². The molecular formula is C23H27NO3. The summed E-state index contributed by atoms with van der Waals surface area (Å²) >= 11 is 0. The maximum atomic E-state index is 13.1. The molecule has 4 rings (SSSR count).